The number of amides is 1. The lowest BCUT2D eigenvalue weighted by atomic mass is 9.57. The van der Waals surface area contributed by atoms with Crippen LogP contribution in [0.3, 0.4) is 0 Å². The number of nitrogens with zero attached hydrogens (tertiary/aromatic N) is 2. The number of phenols is 1. The molecular weight excluding hydrogens is 514 g/mol. The Kier molecular flexibility index (Phi) is 7.25. The van der Waals surface area contributed by atoms with Gasteiger partial charge in [-0.15, -0.1) is 0 Å². The van der Waals surface area contributed by atoms with Crippen molar-refractivity contribution < 1.29 is 34.8 Å². The fourth-order valence-corrected chi connectivity index (χ4v) is 6.92. The molecule has 1 aliphatic heterocycles. The number of primary amides is 1. The topological polar surface area (TPSA) is 165 Å². The summed E-state index contributed by atoms with van der Waals surface area (Å²) in [6.07, 6.45) is 4.58. The van der Waals surface area contributed by atoms with Crippen molar-refractivity contribution in [2.75, 3.05) is 33.7 Å². The molecule has 212 valence electrons. The highest BCUT2D eigenvalue weighted by Gasteiger charge is 2.64. The van der Waals surface area contributed by atoms with E-state index in [9.17, 15) is 34.8 Å². The molecule has 10 nitrogen and oxygen atoms in total. The molecule has 10 heteroatoms. The molecule has 40 heavy (non-hydrogen) atoms. The number of nitrogens with two attached hydrogens (primary N) is 1. The molecule has 1 aromatic rings. The predicted octanol–water partition coefficient (Wildman–Crippen LogP) is 1.19. The quantitative estimate of drug-likeness (QED) is 0.274. The van der Waals surface area contributed by atoms with Crippen molar-refractivity contribution in [2.45, 2.75) is 50.2 Å². The second-order valence-corrected chi connectivity index (χ2v) is 11.4. The van der Waals surface area contributed by atoms with Crippen LogP contribution in [0.25, 0.3) is 5.76 Å². The Morgan fingerprint density at radius 2 is 1.85 bits per heavy atom. The average molecular weight is 550 g/mol. The van der Waals surface area contributed by atoms with Crippen LogP contribution in [0.2, 0.25) is 0 Å². The zero-order valence-electron chi connectivity index (χ0n) is 22.7. The zero-order valence-corrected chi connectivity index (χ0v) is 22.7. The van der Waals surface area contributed by atoms with Crippen molar-refractivity contribution in [3.05, 3.63) is 45.7 Å². The van der Waals surface area contributed by atoms with Crippen LogP contribution in [0, 0.1) is 23.7 Å². The van der Waals surface area contributed by atoms with Crippen LogP contribution in [0.1, 0.15) is 48.8 Å². The molecule has 6 N–H and O–H groups in total. The summed E-state index contributed by atoms with van der Waals surface area (Å²) in [5.74, 6) is -0.270. The van der Waals surface area contributed by atoms with Crippen LogP contribution in [-0.4, -0.2) is 93.1 Å². The Labute approximate surface area is 232 Å². The number of hydrogen-bond acceptors (Lipinski definition) is 9. The molecule has 0 radical (unpaired) electrons. The van der Waals surface area contributed by atoms with Gasteiger partial charge in [0.15, 0.2) is 11.4 Å². The zero-order chi connectivity index (χ0) is 28.9. The lowest BCUT2D eigenvalue weighted by Crippen LogP contribution is -2.65. The lowest BCUT2D eigenvalue weighted by Gasteiger charge is -2.50. The third kappa shape index (κ3) is 4.29. The van der Waals surface area contributed by atoms with Crippen LogP contribution in [0.4, 0.5) is 0 Å². The molecule has 1 saturated carbocycles. The van der Waals surface area contributed by atoms with Gasteiger partial charge in [0.2, 0.25) is 5.78 Å². The maximum absolute atomic E-state index is 13.9. The van der Waals surface area contributed by atoms with Crippen molar-refractivity contribution in [3.8, 4) is 17.6 Å². The molecule has 4 atom stereocenters. The molecular formula is C30H35N3O7. The molecule has 1 amide bonds. The van der Waals surface area contributed by atoms with Crippen molar-refractivity contribution in [2.24, 2.45) is 17.6 Å². The maximum Gasteiger partial charge on any atom is 0.255 e. The summed E-state index contributed by atoms with van der Waals surface area (Å²) in [6.45, 7) is 3.01. The third-order valence-electron chi connectivity index (χ3n) is 8.83. The van der Waals surface area contributed by atoms with Gasteiger partial charge in [0, 0.05) is 30.0 Å². The van der Waals surface area contributed by atoms with Crippen molar-refractivity contribution in [1.82, 2.24) is 9.80 Å². The van der Waals surface area contributed by atoms with E-state index in [1.54, 1.807) is 20.2 Å². The highest BCUT2D eigenvalue weighted by Crippen LogP contribution is 2.52. The fourth-order valence-electron chi connectivity index (χ4n) is 6.92. The number of aromatic hydroxyl groups is 1. The summed E-state index contributed by atoms with van der Waals surface area (Å²) in [5.41, 5.74) is 2.97. The van der Waals surface area contributed by atoms with E-state index >= 15 is 0 Å². The smallest absolute Gasteiger partial charge is 0.255 e. The SMILES string of the molecule is CN(C)[C@@H]1C(=O)C(C(N)=O)=C(O)[C@@]2(O)C(=O)C3=C(O)c4c(O)ccc(C#CCCN5CCCCC5)c4C[C@H]3C[C@@H]12. The number of hydrogen-bond donors (Lipinski definition) is 5. The van der Waals surface area contributed by atoms with Crippen LogP contribution < -0.4 is 5.73 Å². The number of carbonyl (C=O) groups excluding carboxylic acids is 3. The number of likely N-dealkylation sites (tertiary alicyclic amines) is 1. The summed E-state index contributed by atoms with van der Waals surface area (Å²) in [4.78, 5) is 43.1. The molecule has 1 aromatic carbocycles. The van der Waals surface area contributed by atoms with Crippen molar-refractivity contribution >= 4 is 23.2 Å². The number of benzene rings is 1. The van der Waals surface area contributed by atoms with E-state index in [4.69, 9.17) is 5.73 Å². The Hall–Kier alpha value is -3.65. The lowest BCUT2D eigenvalue weighted by molar-refractivity contribution is -0.153. The second-order valence-electron chi connectivity index (χ2n) is 11.4. The number of likely N-dealkylation sites (N-methyl/N-ethyl adjacent to an activating group) is 1. The van der Waals surface area contributed by atoms with Gasteiger partial charge in [-0.2, -0.15) is 0 Å². The van der Waals surface area contributed by atoms with E-state index in [1.807, 2.05) is 0 Å². The van der Waals surface area contributed by atoms with Gasteiger partial charge in [-0.25, -0.2) is 0 Å². The number of Topliss-reactive ketones (excluding diaryl/α,β-unsaturated/α-hetero) is 2. The van der Waals surface area contributed by atoms with Gasteiger partial charge in [-0.3, -0.25) is 19.3 Å². The summed E-state index contributed by atoms with van der Waals surface area (Å²) in [6, 6.07) is 1.97. The number of ketones is 2. The number of rotatable bonds is 4. The monoisotopic (exact) mass is 549 g/mol. The van der Waals surface area contributed by atoms with E-state index < -0.39 is 58.0 Å². The molecule has 1 heterocycles. The summed E-state index contributed by atoms with van der Waals surface area (Å²) >= 11 is 0. The van der Waals surface area contributed by atoms with Crippen LogP contribution in [0.5, 0.6) is 5.75 Å². The number of piperidine rings is 1. The Balaban J connectivity index is 1.55. The number of aliphatic hydroxyl groups is 3. The maximum atomic E-state index is 13.9. The van der Waals surface area contributed by atoms with Crippen LogP contribution in [0.15, 0.2) is 29.0 Å². The Bertz CT molecular complexity index is 1410. The first-order valence-corrected chi connectivity index (χ1v) is 13.7. The minimum atomic E-state index is -2.65. The van der Waals surface area contributed by atoms with Crippen LogP contribution in [-0.2, 0) is 20.8 Å². The minimum Gasteiger partial charge on any atom is -0.508 e. The largest absolute Gasteiger partial charge is 0.508 e. The predicted molar refractivity (Wildman–Crippen MR) is 146 cm³/mol. The molecule has 2 fully saturated rings. The van der Waals surface area contributed by atoms with Crippen molar-refractivity contribution in [3.63, 3.8) is 0 Å². The van der Waals surface area contributed by atoms with E-state index in [0.29, 0.717) is 17.5 Å². The Morgan fingerprint density at radius 1 is 1.15 bits per heavy atom. The number of aliphatic hydroxyl groups excluding tert-OH is 2. The van der Waals surface area contributed by atoms with Gasteiger partial charge in [0.1, 0.15) is 22.8 Å². The van der Waals surface area contributed by atoms with Gasteiger partial charge in [0.05, 0.1) is 11.6 Å². The first kappa shape index (κ1) is 27.9. The molecule has 4 aliphatic rings. The molecule has 0 unspecified atom stereocenters. The van der Waals surface area contributed by atoms with Gasteiger partial charge in [0.25, 0.3) is 5.91 Å². The number of fused-ring (bicyclic) bond motifs is 3. The first-order valence-electron chi connectivity index (χ1n) is 13.7. The van der Waals surface area contributed by atoms with Gasteiger partial charge in [-0.1, -0.05) is 18.3 Å². The van der Waals surface area contributed by atoms with Gasteiger partial charge < -0.3 is 31.1 Å². The average Bonchev–Trinajstić information content (AvgIpc) is 2.90. The molecule has 0 spiro atoms. The van der Waals surface area contributed by atoms with E-state index in [1.165, 1.54) is 30.2 Å². The third-order valence-corrected chi connectivity index (χ3v) is 8.83. The number of phenolic OH excluding ortho intramolecular Hbond substituents is 1. The molecule has 5 rings (SSSR count). The first-order chi connectivity index (χ1) is 19.0. The minimum absolute atomic E-state index is 0.0449. The fraction of sp³-hybridized carbons (Fsp3) is 0.500. The Morgan fingerprint density at radius 3 is 2.50 bits per heavy atom. The molecule has 0 aromatic heterocycles. The highest BCUT2D eigenvalue weighted by molar-refractivity contribution is 6.24. The molecule has 0 bridgehead atoms. The number of carbonyl (C=O) groups is 3. The summed E-state index contributed by atoms with van der Waals surface area (Å²) in [7, 11) is 3.14. The normalized spacial score (nSPS) is 28.6. The second kappa shape index (κ2) is 10.4. The van der Waals surface area contributed by atoms with Gasteiger partial charge in [-0.05, 0) is 76.5 Å². The highest BCUT2D eigenvalue weighted by atomic mass is 16.3. The summed E-state index contributed by atoms with van der Waals surface area (Å²) in [5, 5.41) is 44.6. The van der Waals surface area contributed by atoms with E-state index in [0.717, 1.165) is 19.6 Å². The summed E-state index contributed by atoms with van der Waals surface area (Å²) < 4.78 is 0. The van der Waals surface area contributed by atoms with E-state index in [2.05, 4.69) is 16.7 Å². The van der Waals surface area contributed by atoms with Crippen molar-refractivity contribution in [1.29, 1.82) is 0 Å². The van der Waals surface area contributed by atoms with Gasteiger partial charge >= 0.3 is 0 Å². The van der Waals surface area contributed by atoms with Crippen LogP contribution >= 0.6 is 0 Å². The molecule has 3 aliphatic carbocycles. The standard InChI is InChI=1S/C30H35N3O7/c1-32(2)24-19-15-17-14-18-16(8-4-7-13-33-11-5-3-6-12-33)9-10-20(34)22(18)25(35)21(17)27(37)30(19,40)28(38)23(26(24)36)29(31)39/h9-10,17,19,24,34-35,38,40H,3,5-7,11-15H2,1-2H3,(H2,31,39)/t17-,19-,24-,30-/m0/s1. The molecule has 1 saturated heterocycles. The van der Waals surface area contributed by atoms with E-state index in [-0.39, 0.29) is 29.7 Å².